The monoisotopic (exact) mass is 430 g/mol. The minimum atomic E-state index is -0.133. The molecule has 0 fully saturated rings. The summed E-state index contributed by atoms with van der Waals surface area (Å²) >= 11 is 1.70. The fraction of sp³-hybridized carbons (Fsp3) is 0. The second kappa shape index (κ2) is 7.59. The third kappa shape index (κ3) is 3.04. The molecule has 0 bridgehead atoms. The van der Waals surface area contributed by atoms with Crippen molar-refractivity contribution in [2.75, 3.05) is 0 Å². The van der Waals surface area contributed by atoms with Gasteiger partial charge >= 0.3 is 0 Å². The Morgan fingerprint density at radius 3 is 2.25 bits per heavy atom. The summed E-state index contributed by atoms with van der Waals surface area (Å²) in [5, 5.41) is 3.88. The molecule has 3 heterocycles. The lowest BCUT2D eigenvalue weighted by Gasteiger charge is -2.14. The number of rotatable bonds is 3. The number of benzene rings is 3. The number of nitrogens with one attached hydrogen (secondary N) is 1. The maximum Gasteiger partial charge on any atom is 0.257 e. The molecule has 6 rings (SSSR count). The first-order valence-electron chi connectivity index (χ1n) is 10.4. The Bertz CT molecular complexity index is 1630. The van der Waals surface area contributed by atoms with Crippen LogP contribution in [0.5, 0.6) is 0 Å². The van der Waals surface area contributed by atoms with Gasteiger partial charge in [-0.05, 0) is 28.5 Å². The van der Waals surface area contributed by atoms with Gasteiger partial charge in [-0.1, -0.05) is 78.9 Å². The normalized spacial score (nSPS) is 11.2. The van der Waals surface area contributed by atoms with Crippen LogP contribution in [0.3, 0.4) is 0 Å². The molecule has 0 amide bonds. The number of thiophene rings is 1. The number of H-pyrrole nitrogens is 1. The Hall–Kier alpha value is -4.02. The van der Waals surface area contributed by atoms with Crippen LogP contribution in [0.4, 0.5) is 0 Å². The summed E-state index contributed by atoms with van der Waals surface area (Å²) in [5.41, 5.74) is 6.47. The lowest BCUT2D eigenvalue weighted by atomic mass is 9.96. The number of nitrogens with zero attached hydrogens (tertiary/aromatic N) is 1. The van der Waals surface area contributed by atoms with Gasteiger partial charge in [0.15, 0.2) is 0 Å². The molecule has 3 nitrogen and oxygen atoms in total. The first kappa shape index (κ1) is 18.7. The molecule has 0 aliphatic carbocycles. The quantitative estimate of drug-likeness (QED) is 0.324. The van der Waals surface area contributed by atoms with Gasteiger partial charge in [0.05, 0.1) is 16.6 Å². The molecule has 0 spiro atoms. The zero-order valence-electron chi connectivity index (χ0n) is 17.1. The summed E-state index contributed by atoms with van der Waals surface area (Å²) in [6.07, 6.45) is 1.79. The highest BCUT2D eigenvalue weighted by atomic mass is 32.1. The van der Waals surface area contributed by atoms with Crippen molar-refractivity contribution in [1.29, 1.82) is 0 Å². The third-order valence-corrected chi connectivity index (χ3v) is 6.73. The van der Waals surface area contributed by atoms with Gasteiger partial charge in [-0.3, -0.25) is 4.79 Å². The van der Waals surface area contributed by atoms with E-state index >= 15 is 0 Å². The van der Waals surface area contributed by atoms with E-state index in [4.69, 9.17) is 4.98 Å². The van der Waals surface area contributed by atoms with Crippen LogP contribution < -0.4 is 5.56 Å². The Morgan fingerprint density at radius 2 is 1.47 bits per heavy atom. The van der Waals surface area contributed by atoms with Crippen molar-refractivity contribution in [2.45, 2.75) is 0 Å². The Labute approximate surface area is 188 Å². The Morgan fingerprint density at radius 1 is 0.719 bits per heavy atom. The van der Waals surface area contributed by atoms with Crippen molar-refractivity contribution in [3.05, 3.63) is 113 Å². The maximum atomic E-state index is 12.9. The number of pyridine rings is 2. The first-order chi connectivity index (χ1) is 15.8. The van der Waals surface area contributed by atoms with E-state index in [0.29, 0.717) is 10.9 Å². The molecule has 0 aliphatic heterocycles. The van der Waals surface area contributed by atoms with Crippen molar-refractivity contribution >= 4 is 32.3 Å². The Balaban J connectivity index is 1.73. The minimum Gasteiger partial charge on any atom is -0.328 e. The zero-order chi connectivity index (χ0) is 21.5. The van der Waals surface area contributed by atoms with Gasteiger partial charge in [0.25, 0.3) is 5.56 Å². The van der Waals surface area contributed by atoms with E-state index < -0.39 is 0 Å². The lowest BCUT2D eigenvalue weighted by molar-refractivity contribution is 1.26. The number of hydrogen-bond acceptors (Lipinski definition) is 3. The van der Waals surface area contributed by atoms with Gasteiger partial charge in [-0.25, -0.2) is 4.98 Å². The molecule has 0 saturated heterocycles. The molecule has 0 radical (unpaired) electrons. The summed E-state index contributed by atoms with van der Waals surface area (Å²) in [4.78, 5) is 21.0. The van der Waals surface area contributed by atoms with Crippen LogP contribution in [-0.4, -0.2) is 9.97 Å². The van der Waals surface area contributed by atoms with E-state index in [0.717, 1.165) is 33.5 Å². The van der Waals surface area contributed by atoms with Gasteiger partial charge in [0.1, 0.15) is 0 Å². The van der Waals surface area contributed by atoms with E-state index in [-0.39, 0.29) is 5.56 Å². The maximum absolute atomic E-state index is 12.9. The van der Waals surface area contributed by atoms with Crippen LogP contribution in [0.25, 0.3) is 54.5 Å². The highest BCUT2D eigenvalue weighted by Crippen LogP contribution is 2.38. The SMILES string of the molecule is O=c1[nH]cc(-c2cccc3ccsc23)c2nc(-c3ccccc3)c(-c3ccccc3)cc12. The van der Waals surface area contributed by atoms with Crippen LogP contribution in [0.1, 0.15) is 0 Å². The van der Waals surface area contributed by atoms with Gasteiger partial charge < -0.3 is 4.98 Å². The predicted octanol–water partition coefficient (Wildman–Crippen LogP) is 7.14. The average molecular weight is 431 g/mol. The first-order valence-corrected chi connectivity index (χ1v) is 11.3. The van der Waals surface area contributed by atoms with E-state index in [1.54, 1.807) is 17.5 Å². The molecular weight excluding hydrogens is 412 g/mol. The highest BCUT2D eigenvalue weighted by Gasteiger charge is 2.17. The molecule has 3 aromatic carbocycles. The molecular formula is C28H18N2OS. The third-order valence-electron chi connectivity index (χ3n) is 5.77. The van der Waals surface area contributed by atoms with Crippen LogP contribution in [-0.2, 0) is 0 Å². The van der Waals surface area contributed by atoms with Crippen molar-refractivity contribution < 1.29 is 0 Å². The van der Waals surface area contributed by atoms with Crippen LogP contribution in [0.15, 0.2) is 107 Å². The van der Waals surface area contributed by atoms with E-state index in [1.807, 2.05) is 42.5 Å². The molecule has 152 valence electrons. The molecule has 0 aliphatic rings. The molecule has 0 unspecified atom stereocenters. The van der Waals surface area contributed by atoms with Crippen LogP contribution in [0, 0.1) is 0 Å². The fourth-order valence-electron chi connectivity index (χ4n) is 4.24. The van der Waals surface area contributed by atoms with E-state index in [1.165, 1.54) is 10.1 Å². The van der Waals surface area contributed by atoms with Gasteiger partial charge in [-0.15, -0.1) is 11.3 Å². The largest absolute Gasteiger partial charge is 0.328 e. The molecule has 32 heavy (non-hydrogen) atoms. The second-order valence-corrected chi connectivity index (χ2v) is 8.60. The number of hydrogen-bond donors (Lipinski definition) is 1. The van der Waals surface area contributed by atoms with E-state index in [9.17, 15) is 4.79 Å². The van der Waals surface area contributed by atoms with Crippen LogP contribution in [0.2, 0.25) is 0 Å². The lowest BCUT2D eigenvalue weighted by Crippen LogP contribution is -2.08. The summed E-state index contributed by atoms with van der Waals surface area (Å²) in [7, 11) is 0. The summed E-state index contributed by atoms with van der Waals surface area (Å²) < 4.78 is 1.19. The topological polar surface area (TPSA) is 45.8 Å². The van der Waals surface area contributed by atoms with Crippen molar-refractivity contribution in [1.82, 2.24) is 9.97 Å². The fourth-order valence-corrected chi connectivity index (χ4v) is 5.17. The second-order valence-electron chi connectivity index (χ2n) is 7.69. The van der Waals surface area contributed by atoms with Crippen molar-refractivity contribution in [3.63, 3.8) is 0 Å². The number of fused-ring (bicyclic) bond motifs is 2. The Kier molecular flexibility index (Phi) is 4.44. The number of aromatic nitrogens is 2. The smallest absolute Gasteiger partial charge is 0.257 e. The van der Waals surface area contributed by atoms with Crippen molar-refractivity contribution in [2.24, 2.45) is 0 Å². The highest BCUT2D eigenvalue weighted by molar-refractivity contribution is 7.17. The predicted molar refractivity (Wildman–Crippen MR) is 134 cm³/mol. The van der Waals surface area contributed by atoms with Gasteiger partial charge in [-0.2, -0.15) is 0 Å². The molecule has 3 aromatic heterocycles. The average Bonchev–Trinajstić information content (AvgIpc) is 3.34. The van der Waals surface area contributed by atoms with E-state index in [2.05, 4.69) is 58.9 Å². The molecule has 4 heteroatoms. The summed E-state index contributed by atoms with van der Waals surface area (Å²) in [5.74, 6) is 0. The number of aromatic amines is 1. The van der Waals surface area contributed by atoms with Crippen molar-refractivity contribution in [3.8, 4) is 33.5 Å². The summed E-state index contributed by atoms with van der Waals surface area (Å²) in [6.45, 7) is 0. The standard InChI is InChI=1S/C28H18N2OS/c31-28-23-16-22(18-8-3-1-4-9-18)25(19-10-5-2-6-11-19)30-26(23)24(17-29-28)21-13-7-12-20-14-15-32-27(20)21/h1-17H,(H,29,31). The van der Waals surface area contributed by atoms with Gasteiger partial charge in [0.2, 0.25) is 0 Å². The molecule has 0 saturated carbocycles. The van der Waals surface area contributed by atoms with Gasteiger partial charge in [0, 0.05) is 33.2 Å². The molecule has 1 N–H and O–H groups in total. The van der Waals surface area contributed by atoms with Crippen LogP contribution >= 0.6 is 11.3 Å². The zero-order valence-corrected chi connectivity index (χ0v) is 17.9. The molecule has 6 aromatic rings. The summed E-state index contributed by atoms with van der Waals surface area (Å²) in [6, 6.07) is 30.6. The molecule has 0 atom stereocenters. The minimum absolute atomic E-state index is 0.133.